The van der Waals surface area contributed by atoms with Gasteiger partial charge in [0.05, 0.1) is 30.8 Å². The first-order valence-corrected chi connectivity index (χ1v) is 6.71. The fraction of sp³-hybridized carbons (Fsp3) is 0.200. The summed E-state index contributed by atoms with van der Waals surface area (Å²) < 4.78 is 4.71. The van der Waals surface area contributed by atoms with Gasteiger partial charge in [-0.15, -0.1) is 0 Å². The van der Waals surface area contributed by atoms with Crippen molar-refractivity contribution in [3.63, 3.8) is 0 Å². The van der Waals surface area contributed by atoms with E-state index in [4.69, 9.17) is 17.0 Å². The number of aromatic amines is 1. The fourth-order valence-electron chi connectivity index (χ4n) is 2.02. The van der Waals surface area contributed by atoms with Gasteiger partial charge in [0.15, 0.2) is 0 Å². The van der Waals surface area contributed by atoms with E-state index in [9.17, 15) is 9.59 Å². The molecule has 1 aromatic heterocycles. The molecule has 1 aromatic carbocycles. The van der Waals surface area contributed by atoms with Crippen LogP contribution in [0.5, 0.6) is 0 Å². The summed E-state index contributed by atoms with van der Waals surface area (Å²) in [5, 5.41) is 2.60. The summed E-state index contributed by atoms with van der Waals surface area (Å²) in [6.07, 6.45) is 3.26. The Morgan fingerprint density at radius 2 is 2.30 bits per heavy atom. The average molecular weight is 314 g/mol. The van der Waals surface area contributed by atoms with Crippen LogP contribution in [0.4, 0.5) is 11.4 Å². The molecule has 1 atom stereocenters. The minimum atomic E-state index is -0.869. The number of rotatable bonds is 5. The SMILES string of the molecule is C#[N+]c1ccc(C(=O)N[C@H](Cc2cnc[nH]2)C(=O)OC)c(N)c1. The summed E-state index contributed by atoms with van der Waals surface area (Å²) in [6.45, 7) is 5.16. The highest BCUT2D eigenvalue weighted by Gasteiger charge is 2.24. The maximum absolute atomic E-state index is 12.3. The summed E-state index contributed by atoms with van der Waals surface area (Å²) in [5.41, 5.74) is 7.37. The lowest BCUT2D eigenvalue weighted by Gasteiger charge is -2.16. The molecule has 0 spiro atoms. The quantitative estimate of drug-likeness (QED) is 0.565. The Labute approximate surface area is 132 Å². The van der Waals surface area contributed by atoms with Crippen LogP contribution < -0.4 is 11.1 Å². The first kappa shape index (κ1) is 16.0. The Balaban J connectivity index is 2.17. The lowest BCUT2D eigenvalue weighted by atomic mass is 10.1. The Morgan fingerprint density at radius 1 is 1.52 bits per heavy atom. The predicted molar refractivity (Wildman–Crippen MR) is 84.4 cm³/mol. The van der Waals surface area contributed by atoms with E-state index in [1.807, 2.05) is 0 Å². The summed E-state index contributed by atoms with van der Waals surface area (Å²) in [7, 11) is 1.25. The first-order valence-electron chi connectivity index (χ1n) is 6.71. The van der Waals surface area contributed by atoms with Gasteiger partial charge in [-0.3, -0.25) is 4.79 Å². The van der Waals surface area contributed by atoms with Gasteiger partial charge in [0, 0.05) is 24.4 Å². The number of nitrogens with one attached hydrogen (secondary N) is 2. The molecule has 0 fully saturated rings. The van der Waals surface area contributed by atoms with Crippen LogP contribution in [0, 0.1) is 6.57 Å². The number of aromatic nitrogens is 2. The monoisotopic (exact) mass is 314 g/mol. The topological polar surface area (TPSA) is 114 Å². The molecule has 23 heavy (non-hydrogen) atoms. The zero-order chi connectivity index (χ0) is 16.8. The van der Waals surface area contributed by atoms with E-state index < -0.39 is 17.9 Å². The lowest BCUT2D eigenvalue weighted by molar-refractivity contribution is -0.142. The van der Waals surface area contributed by atoms with Crippen LogP contribution >= 0.6 is 0 Å². The number of hydrogen-bond acceptors (Lipinski definition) is 5. The second-order valence-corrected chi connectivity index (χ2v) is 4.73. The van der Waals surface area contributed by atoms with Crippen molar-refractivity contribution < 1.29 is 14.3 Å². The van der Waals surface area contributed by atoms with Crippen LogP contribution in [0.25, 0.3) is 4.85 Å². The highest BCUT2D eigenvalue weighted by molar-refractivity contribution is 6.01. The number of imidazole rings is 1. The van der Waals surface area contributed by atoms with Gasteiger partial charge in [-0.25, -0.2) is 9.78 Å². The van der Waals surface area contributed by atoms with Crippen molar-refractivity contribution >= 4 is 23.3 Å². The van der Waals surface area contributed by atoms with Crippen LogP contribution in [0.1, 0.15) is 16.1 Å². The molecule has 0 unspecified atom stereocenters. The molecule has 0 aliphatic heterocycles. The number of H-pyrrole nitrogens is 1. The standard InChI is InChI=1S/C15H15N5O3/c1-17-9-3-4-11(12(16)5-9)14(21)20-13(15(22)23-2)6-10-7-18-8-19-10/h1,3-5,7-8,13H,6H2,2H3,(H3-,16,18,19,20,21)/p+1/t13-/m1/s1. The van der Waals surface area contributed by atoms with E-state index in [1.54, 1.807) is 12.3 Å². The lowest BCUT2D eigenvalue weighted by Crippen LogP contribution is -2.43. The second kappa shape index (κ2) is 7.09. The van der Waals surface area contributed by atoms with Gasteiger partial charge in [-0.1, -0.05) is 0 Å². The van der Waals surface area contributed by atoms with Crippen molar-refractivity contribution in [3.8, 4) is 6.57 Å². The molecule has 0 saturated carbocycles. The molecular weight excluding hydrogens is 298 g/mol. The number of carbonyl (C=O) groups excluding carboxylic acids is 2. The smallest absolute Gasteiger partial charge is 0.341 e. The van der Waals surface area contributed by atoms with Gasteiger partial charge in [-0.05, 0) is 10.9 Å². The largest absolute Gasteiger partial charge is 0.467 e. The number of hydrogen-bond donors (Lipinski definition) is 3. The number of esters is 1. The number of carbonyl (C=O) groups is 2. The maximum Gasteiger partial charge on any atom is 0.341 e. The molecule has 8 heteroatoms. The Bertz CT molecular complexity index is 749. The molecule has 1 heterocycles. The summed E-state index contributed by atoms with van der Waals surface area (Å²) >= 11 is 0. The number of anilines is 1. The van der Waals surface area contributed by atoms with Gasteiger partial charge < -0.3 is 20.8 Å². The molecule has 0 aliphatic carbocycles. The number of amides is 1. The van der Waals surface area contributed by atoms with Crippen molar-refractivity contribution in [1.29, 1.82) is 0 Å². The molecule has 2 aromatic rings. The maximum atomic E-state index is 12.3. The number of nitrogen functional groups attached to an aromatic ring is 1. The van der Waals surface area contributed by atoms with Gasteiger partial charge in [-0.2, -0.15) is 0 Å². The van der Waals surface area contributed by atoms with E-state index in [0.29, 0.717) is 11.4 Å². The number of methoxy groups -OCH3 is 1. The molecule has 0 aliphatic rings. The third-order valence-corrected chi connectivity index (χ3v) is 3.20. The van der Waals surface area contributed by atoms with Gasteiger partial charge >= 0.3 is 11.7 Å². The number of nitrogens with zero attached hydrogens (tertiary/aromatic N) is 2. The van der Waals surface area contributed by atoms with Crippen LogP contribution in [-0.4, -0.2) is 35.0 Å². The number of benzene rings is 1. The molecular formula is C15H16N5O3+. The normalized spacial score (nSPS) is 11.3. The molecule has 118 valence electrons. The molecule has 0 saturated heterocycles. The summed E-state index contributed by atoms with van der Waals surface area (Å²) in [5.74, 6) is -1.07. The zero-order valence-electron chi connectivity index (χ0n) is 12.4. The van der Waals surface area contributed by atoms with Crippen molar-refractivity contribution in [2.24, 2.45) is 0 Å². The van der Waals surface area contributed by atoms with E-state index in [-0.39, 0.29) is 17.7 Å². The van der Waals surface area contributed by atoms with Gasteiger partial charge in [0.2, 0.25) is 0 Å². The van der Waals surface area contributed by atoms with Crippen molar-refractivity contribution in [1.82, 2.24) is 15.3 Å². The van der Waals surface area contributed by atoms with E-state index in [1.165, 1.54) is 25.6 Å². The fourth-order valence-corrected chi connectivity index (χ4v) is 2.02. The Hall–Kier alpha value is -3.34. The van der Waals surface area contributed by atoms with E-state index in [0.717, 1.165) is 0 Å². The summed E-state index contributed by atoms with van der Waals surface area (Å²) in [6, 6.07) is 3.64. The first-order chi connectivity index (χ1) is 11.0. The highest BCUT2D eigenvalue weighted by Crippen LogP contribution is 2.20. The predicted octanol–water partition coefficient (Wildman–Crippen LogP) is 1.10. The second-order valence-electron chi connectivity index (χ2n) is 4.73. The third-order valence-electron chi connectivity index (χ3n) is 3.20. The number of ether oxygens (including phenoxy) is 1. The Kier molecular flexibility index (Phi) is 4.94. The molecule has 0 bridgehead atoms. The van der Waals surface area contributed by atoms with Crippen LogP contribution in [-0.2, 0) is 16.0 Å². The van der Waals surface area contributed by atoms with Gasteiger partial charge in [0.25, 0.3) is 12.5 Å². The molecule has 4 N–H and O–H groups in total. The highest BCUT2D eigenvalue weighted by atomic mass is 16.5. The minimum Gasteiger partial charge on any atom is -0.467 e. The van der Waals surface area contributed by atoms with Crippen LogP contribution in [0.15, 0.2) is 30.7 Å². The molecule has 1 amide bonds. The van der Waals surface area contributed by atoms with Crippen molar-refractivity contribution in [2.75, 3.05) is 12.8 Å². The van der Waals surface area contributed by atoms with Gasteiger partial charge in [0.1, 0.15) is 6.04 Å². The van der Waals surface area contributed by atoms with Crippen LogP contribution in [0.2, 0.25) is 0 Å². The number of nitrogens with two attached hydrogens (primary N) is 1. The average Bonchev–Trinajstić information content (AvgIpc) is 3.06. The molecule has 8 nitrogen and oxygen atoms in total. The van der Waals surface area contributed by atoms with E-state index >= 15 is 0 Å². The summed E-state index contributed by atoms with van der Waals surface area (Å²) in [4.78, 5) is 34.4. The van der Waals surface area contributed by atoms with Crippen LogP contribution in [0.3, 0.4) is 0 Å². The Morgan fingerprint density at radius 3 is 2.87 bits per heavy atom. The third kappa shape index (κ3) is 3.85. The van der Waals surface area contributed by atoms with Crippen molar-refractivity contribution in [2.45, 2.75) is 12.5 Å². The zero-order valence-corrected chi connectivity index (χ0v) is 12.4. The molecule has 2 rings (SSSR count). The molecule has 0 radical (unpaired) electrons. The van der Waals surface area contributed by atoms with E-state index in [2.05, 4.69) is 20.1 Å². The minimum absolute atomic E-state index is 0.208. The van der Waals surface area contributed by atoms with Crippen molar-refractivity contribution in [3.05, 3.63) is 46.8 Å².